The summed E-state index contributed by atoms with van der Waals surface area (Å²) in [5.41, 5.74) is 1.35. The first-order chi connectivity index (χ1) is 6.35. The number of rotatable bonds is 1. The van der Waals surface area contributed by atoms with Crippen LogP contribution in [0.1, 0.15) is 12.5 Å². The van der Waals surface area contributed by atoms with Gasteiger partial charge in [0.1, 0.15) is 0 Å². The molecule has 1 heterocycles. The number of halogens is 2. The zero-order valence-corrected chi connectivity index (χ0v) is 11.2. The van der Waals surface area contributed by atoms with Crippen LogP contribution in [0.5, 0.6) is 0 Å². The second kappa shape index (κ2) is 14.7. The van der Waals surface area contributed by atoms with E-state index < -0.39 is 16.5 Å². The topological polar surface area (TPSA) is 12.9 Å². The molecular weight excluding hydrogens is 388 g/mol. The van der Waals surface area contributed by atoms with Crippen molar-refractivity contribution in [3.8, 4) is 0 Å². The summed E-state index contributed by atoms with van der Waals surface area (Å²) in [6, 6.07) is 4.06. The van der Waals surface area contributed by atoms with E-state index in [9.17, 15) is 0 Å². The molecule has 0 fully saturated rings. The molecule has 0 unspecified atom stereocenters. The van der Waals surface area contributed by atoms with Gasteiger partial charge in [0.25, 0.3) is 0 Å². The number of nitrogens with zero attached hydrogens (tertiary/aromatic N) is 1. The Labute approximate surface area is 96.6 Å². The molecular formula is C9H13Cl2NPt. The maximum atomic E-state index is 4.88. The van der Waals surface area contributed by atoms with E-state index in [-0.39, 0.29) is 0 Å². The van der Waals surface area contributed by atoms with Crippen LogP contribution in [0.2, 0.25) is 0 Å². The predicted molar refractivity (Wildman–Crippen MR) is 56.6 cm³/mol. The molecule has 1 nitrogen and oxygen atoms in total. The van der Waals surface area contributed by atoms with Gasteiger partial charge in [-0.1, -0.05) is 6.92 Å². The second-order valence-electron chi connectivity index (χ2n) is 1.75. The van der Waals surface area contributed by atoms with Crippen molar-refractivity contribution in [1.29, 1.82) is 0 Å². The number of pyridine rings is 1. The van der Waals surface area contributed by atoms with E-state index in [1.165, 1.54) is 5.56 Å². The van der Waals surface area contributed by atoms with Crippen molar-refractivity contribution in [2.45, 2.75) is 13.3 Å². The van der Waals surface area contributed by atoms with Crippen molar-refractivity contribution in [3.05, 3.63) is 43.2 Å². The van der Waals surface area contributed by atoms with Crippen LogP contribution in [0.25, 0.3) is 0 Å². The first-order valence-electron chi connectivity index (χ1n) is 3.56. The summed E-state index contributed by atoms with van der Waals surface area (Å²) >= 11 is -0.472. The fourth-order valence-electron chi connectivity index (χ4n) is 0.618. The van der Waals surface area contributed by atoms with Crippen LogP contribution in [0.4, 0.5) is 0 Å². The van der Waals surface area contributed by atoms with Crippen molar-refractivity contribution >= 4 is 18.8 Å². The van der Waals surface area contributed by atoms with Crippen LogP contribution in [0, 0.1) is 0 Å². The van der Waals surface area contributed by atoms with Crippen molar-refractivity contribution in [1.82, 2.24) is 4.98 Å². The van der Waals surface area contributed by atoms with E-state index >= 15 is 0 Å². The van der Waals surface area contributed by atoms with E-state index in [0.717, 1.165) is 6.42 Å². The Bertz CT molecular complexity index is 182. The number of hydrogen-bond donors (Lipinski definition) is 0. The minimum atomic E-state index is -0.472. The van der Waals surface area contributed by atoms with Crippen LogP contribution >= 0.6 is 18.8 Å². The van der Waals surface area contributed by atoms with Gasteiger partial charge < -0.3 is 0 Å². The van der Waals surface area contributed by atoms with Crippen molar-refractivity contribution in [3.63, 3.8) is 0 Å². The molecule has 0 saturated carbocycles. The van der Waals surface area contributed by atoms with E-state index in [1.54, 1.807) is 0 Å². The molecule has 0 saturated heterocycles. The van der Waals surface area contributed by atoms with Crippen LogP contribution in [0.3, 0.4) is 0 Å². The normalized spacial score (nSPS) is 7.62. The zero-order chi connectivity index (χ0) is 10.5. The summed E-state index contributed by atoms with van der Waals surface area (Å²) in [5, 5.41) is 0. The van der Waals surface area contributed by atoms with Gasteiger partial charge in [-0.15, -0.1) is 13.2 Å². The molecule has 0 aliphatic carbocycles. The van der Waals surface area contributed by atoms with Gasteiger partial charge in [0.15, 0.2) is 0 Å². The van der Waals surface area contributed by atoms with Crippen LogP contribution in [-0.4, -0.2) is 4.98 Å². The molecule has 0 aliphatic heterocycles. The molecule has 0 atom stereocenters. The molecule has 0 amide bonds. The average Bonchev–Trinajstić information content (AvgIpc) is 2.23. The van der Waals surface area contributed by atoms with Crippen LogP contribution in [-0.2, 0) is 22.9 Å². The molecule has 0 spiro atoms. The third-order valence-electron chi connectivity index (χ3n) is 1.16. The van der Waals surface area contributed by atoms with Gasteiger partial charge in [-0.25, -0.2) is 0 Å². The molecule has 0 aliphatic rings. The van der Waals surface area contributed by atoms with Crippen molar-refractivity contribution < 1.29 is 16.5 Å². The summed E-state index contributed by atoms with van der Waals surface area (Å²) in [7, 11) is 9.75. The van der Waals surface area contributed by atoms with Gasteiger partial charge in [-0.05, 0) is 24.1 Å². The second-order valence-corrected chi connectivity index (χ2v) is 5.04. The molecule has 1 rings (SSSR count). The SMILES string of the molecule is C=C.CCc1ccncc1.[Cl][Pt][Cl]. The first kappa shape index (κ1) is 15.6. The Morgan fingerprint density at radius 3 is 1.92 bits per heavy atom. The Kier molecular flexibility index (Phi) is 17.6. The van der Waals surface area contributed by atoms with Gasteiger partial charge in [-0.2, -0.15) is 0 Å². The number of aromatic nitrogens is 1. The quantitative estimate of drug-likeness (QED) is 0.653. The summed E-state index contributed by atoms with van der Waals surface area (Å²) in [6.07, 6.45) is 4.74. The summed E-state index contributed by atoms with van der Waals surface area (Å²) in [5.74, 6) is 0. The monoisotopic (exact) mass is 400 g/mol. The average molecular weight is 401 g/mol. The molecule has 0 N–H and O–H groups in total. The van der Waals surface area contributed by atoms with Crippen LogP contribution in [0.15, 0.2) is 37.7 Å². The van der Waals surface area contributed by atoms with Gasteiger partial charge in [-0.3, -0.25) is 4.98 Å². The Morgan fingerprint density at radius 2 is 1.69 bits per heavy atom. The van der Waals surface area contributed by atoms with Gasteiger partial charge >= 0.3 is 35.3 Å². The van der Waals surface area contributed by atoms with E-state index in [2.05, 4.69) is 25.1 Å². The van der Waals surface area contributed by atoms with E-state index in [4.69, 9.17) is 18.8 Å². The van der Waals surface area contributed by atoms with Crippen molar-refractivity contribution in [2.24, 2.45) is 0 Å². The predicted octanol–water partition coefficient (Wildman–Crippen LogP) is 3.82. The fourth-order valence-corrected chi connectivity index (χ4v) is 0.618. The molecule has 0 bridgehead atoms. The fraction of sp³-hybridized carbons (Fsp3) is 0.222. The first-order valence-corrected chi connectivity index (χ1v) is 9.19. The Hall–Kier alpha value is 0.158. The summed E-state index contributed by atoms with van der Waals surface area (Å²) < 4.78 is 0. The van der Waals surface area contributed by atoms with E-state index in [1.807, 2.05) is 24.5 Å². The molecule has 78 valence electrons. The maximum absolute atomic E-state index is 4.88. The standard InChI is InChI=1S/C7H9N.C2H4.2ClH.Pt/c1-2-7-3-5-8-6-4-7;1-2;;;/h3-6H,2H2,1H3;1-2H2;2*1H;/q;;;;+2/p-2. The zero-order valence-electron chi connectivity index (χ0n) is 7.45. The molecule has 4 heteroatoms. The Balaban J connectivity index is 0. The van der Waals surface area contributed by atoms with Gasteiger partial charge in [0.05, 0.1) is 0 Å². The third-order valence-corrected chi connectivity index (χ3v) is 1.16. The summed E-state index contributed by atoms with van der Waals surface area (Å²) in [6.45, 7) is 8.13. The molecule has 13 heavy (non-hydrogen) atoms. The van der Waals surface area contributed by atoms with Crippen molar-refractivity contribution in [2.75, 3.05) is 0 Å². The third kappa shape index (κ3) is 12.2. The number of aryl methyl sites for hydroxylation is 1. The molecule has 1 aromatic rings. The number of hydrogen-bond acceptors (Lipinski definition) is 1. The molecule has 0 radical (unpaired) electrons. The summed E-state index contributed by atoms with van der Waals surface area (Å²) in [4.78, 5) is 3.89. The Morgan fingerprint density at radius 1 is 1.31 bits per heavy atom. The molecule has 0 aromatic carbocycles. The van der Waals surface area contributed by atoms with E-state index in [0.29, 0.717) is 0 Å². The van der Waals surface area contributed by atoms with Gasteiger partial charge in [0.2, 0.25) is 0 Å². The van der Waals surface area contributed by atoms with Crippen LogP contribution < -0.4 is 0 Å². The minimum absolute atomic E-state index is 0.472. The molecule has 1 aromatic heterocycles. The van der Waals surface area contributed by atoms with Gasteiger partial charge in [0, 0.05) is 12.4 Å².